The third kappa shape index (κ3) is 4.31. The minimum absolute atomic E-state index is 1.07. The van der Waals surface area contributed by atoms with Gasteiger partial charge in [-0.05, 0) is 24.5 Å². The number of aryl methyl sites for hydroxylation is 1. The average molecular weight is 193 g/mol. The largest absolute Gasteiger partial charge is 0.385 e. The number of anilines is 1. The van der Waals surface area contributed by atoms with Gasteiger partial charge in [0.05, 0.1) is 0 Å². The van der Waals surface area contributed by atoms with Gasteiger partial charge in [-0.2, -0.15) is 0 Å². The molecule has 1 rings (SSSR count). The maximum Gasteiger partial charge on any atom is 0.0372 e. The molecule has 0 spiro atoms. The molecular weight excluding hydrogens is 170 g/mol. The van der Waals surface area contributed by atoms with Gasteiger partial charge in [-0.1, -0.05) is 45.9 Å². The van der Waals surface area contributed by atoms with Crippen LogP contribution in [0, 0.1) is 0 Å². The summed E-state index contributed by atoms with van der Waals surface area (Å²) in [4.78, 5) is 0. The molecule has 0 unspecified atom stereocenters. The van der Waals surface area contributed by atoms with Crippen molar-refractivity contribution in [1.82, 2.24) is 0 Å². The van der Waals surface area contributed by atoms with Gasteiger partial charge in [-0.15, -0.1) is 0 Å². The van der Waals surface area contributed by atoms with Crippen molar-refractivity contribution in [3.8, 4) is 0 Å². The third-order valence-electron chi connectivity index (χ3n) is 1.96. The molecule has 0 atom stereocenters. The van der Waals surface area contributed by atoms with E-state index in [1.165, 1.54) is 17.7 Å². The molecule has 1 aromatic carbocycles. The molecule has 0 heterocycles. The van der Waals surface area contributed by atoms with E-state index in [2.05, 4.69) is 43.4 Å². The van der Waals surface area contributed by atoms with Gasteiger partial charge >= 0.3 is 0 Å². The Balaban J connectivity index is 0.000000791. The molecule has 0 aromatic heterocycles. The molecule has 0 amide bonds. The van der Waals surface area contributed by atoms with Gasteiger partial charge in [-0.25, -0.2) is 0 Å². The first kappa shape index (κ1) is 13.0. The fourth-order valence-corrected chi connectivity index (χ4v) is 1.26. The van der Waals surface area contributed by atoms with Gasteiger partial charge < -0.3 is 5.32 Å². The molecular formula is C13H23N. The summed E-state index contributed by atoms with van der Waals surface area (Å²) in [5.74, 6) is 0. The first-order chi connectivity index (χ1) is 6.88. The van der Waals surface area contributed by atoms with Crippen molar-refractivity contribution < 1.29 is 0 Å². The normalized spacial score (nSPS) is 8.86. The molecule has 0 fully saturated rings. The van der Waals surface area contributed by atoms with Crippen LogP contribution in [0.3, 0.4) is 0 Å². The fraction of sp³-hybridized carbons (Fsp3) is 0.538. The van der Waals surface area contributed by atoms with Crippen molar-refractivity contribution in [2.75, 3.05) is 11.9 Å². The van der Waals surface area contributed by atoms with Gasteiger partial charge in [-0.3, -0.25) is 0 Å². The molecule has 0 aliphatic heterocycles. The SMILES string of the molecule is CC.CCCNc1ccccc1CC. The first-order valence-corrected chi connectivity index (χ1v) is 5.70. The van der Waals surface area contributed by atoms with Crippen molar-refractivity contribution >= 4 is 5.69 Å². The monoisotopic (exact) mass is 193 g/mol. The lowest BCUT2D eigenvalue weighted by Crippen LogP contribution is -2.01. The standard InChI is InChI=1S/C11H17N.C2H6/c1-3-9-12-11-8-6-5-7-10(11)4-2;1-2/h5-8,12H,3-4,9H2,1-2H3;1-2H3. The third-order valence-corrected chi connectivity index (χ3v) is 1.96. The Hall–Kier alpha value is -0.980. The Morgan fingerprint density at radius 2 is 1.71 bits per heavy atom. The second-order valence-electron chi connectivity index (χ2n) is 2.94. The molecule has 0 saturated carbocycles. The van der Waals surface area contributed by atoms with Crippen LogP contribution >= 0.6 is 0 Å². The first-order valence-electron chi connectivity index (χ1n) is 5.70. The van der Waals surface area contributed by atoms with E-state index in [1.807, 2.05) is 13.8 Å². The lowest BCUT2D eigenvalue weighted by Gasteiger charge is -2.08. The zero-order valence-corrected chi connectivity index (χ0v) is 9.93. The highest BCUT2D eigenvalue weighted by Gasteiger charge is 1.96. The predicted octanol–water partition coefficient (Wildman–Crippen LogP) is 4.10. The van der Waals surface area contributed by atoms with Crippen LogP contribution in [0.2, 0.25) is 0 Å². The number of rotatable bonds is 4. The van der Waals surface area contributed by atoms with E-state index in [0.29, 0.717) is 0 Å². The van der Waals surface area contributed by atoms with E-state index >= 15 is 0 Å². The van der Waals surface area contributed by atoms with Crippen molar-refractivity contribution in [2.24, 2.45) is 0 Å². The van der Waals surface area contributed by atoms with E-state index in [9.17, 15) is 0 Å². The zero-order chi connectivity index (χ0) is 10.8. The van der Waals surface area contributed by atoms with Crippen molar-refractivity contribution in [1.29, 1.82) is 0 Å². The molecule has 0 aliphatic rings. The Labute approximate surface area is 88.5 Å². The summed E-state index contributed by atoms with van der Waals surface area (Å²) in [6.07, 6.45) is 2.28. The summed E-state index contributed by atoms with van der Waals surface area (Å²) < 4.78 is 0. The van der Waals surface area contributed by atoms with Gasteiger partial charge in [0, 0.05) is 12.2 Å². The maximum absolute atomic E-state index is 3.41. The molecule has 0 radical (unpaired) electrons. The Morgan fingerprint density at radius 1 is 1.07 bits per heavy atom. The van der Waals surface area contributed by atoms with E-state index in [1.54, 1.807) is 0 Å². The molecule has 0 saturated heterocycles. The van der Waals surface area contributed by atoms with Crippen LogP contribution < -0.4 is 5.32 Å². The summed E-state index contributed by atoms with van der Waals surface area (Å²) in [6.45, 7) is 9.44. The molecule has 0 bridgehead atoms. The van der Waals surface area contributed by atoms with Gasteiger partial charge in [0.2, 0.25) is 0 Å². The number of nitrogens with one attached hydrogen (secondary N) is 1. The van der Waals surface area contributed by atoms with Crippen LogP contribution in [-0.2, 0) is 6.42 Å². The van der Waals surface area contributed by atoms with Crippen LogP contribution in [0.25, 0.3) is 0 Å². The molecule has 0 aliphatic carbocycles. The fourth-order valence-electron chi connectivity index (χ4n) is 1.26. The molecule has 1 heteroatoms. The number of benzene rings is 1. The Kier molecular flexibility index (Phi) is 8.01. The predicted molar refractivity (Wildman–Crippen MR) is 65.9 cm³/mol. The maximum atomic E-state index is 3.41. The van der Waals surface area contributed by atoms with Gasteiger partial charge in [0.15, 0.2) is 0 Å². The summed E-state index contributed by atoms with van der Waals surface area (Å²) in [5.41, 5.74) is 2.70. The van der Waals surface area contributed by atoms with Crippen LogP contribution in [0.5, 0.6) is 0 Å². The smallest absolute Gasteiger partial charge is 0.0372 e. The second-order valence-corrected chi connectivity index (χ2v) is 2.94. The highest BCUT2D eigenvalue weighted by atomic mass is 14.9. The summed E-state index contributed by atoms with van der Waals surface area (Å²) >= 11 is 0. The summed E-state index contributed by atoms with van der Waals surface area (Å²) in [7, 11) is 0. The minimum Gasteiger partial charge on any atom is -0.385 e. The zero-order valence-electron chi connectivity index (χ0n) is 9.93. The minimum atomic E-state index is 1.07. The summed E-state index contributed by atoms with van der Waals surface area (Å²) in [5, 5.41) is 3.41. The second kappa shape index (κ2) is 8.61. The quantitative estimate of drug-likeness (QED) is 0.759. The Morgan fingerprint density at radius 3 is 2.29 bits per heavy atom. The lowest BCUT2D eigenvalue weighted by molar-refractivity contribution is 0.972. The van der Waals surface area contributed by atoms with Crippen LogP contribution in [0.1, 0.15) is 39.7 Å². The van der Waals surface area contributed by atoms with Crippen molar-refractivity contribution in [2.45, 2.75) is 40.5 Å². The van der Waals surface area contributed by atoms with Crippen molar-refractivity contribution in [3.63, 3.8) is 0 Å². The van der Waals surface area contributed by atoms with Crippen molar-refractivity contribution in [3.05, 3.63) is 29.8 Å². The van der Waals surface area contributed by atoms with E-state index in [-0.39, 0.29) is 0 Å². The summed E-state index contributed by atoms with van der Waals surface area (Å²) in [6, 6.07) is 8.50. The Bertz CT molecular complexity index is 230. The van der Waals surface area contributed by atoms with E-state index in [0.717, 1.165) is 13.0 Å². The molecule has 80 valence electrons. The number of para-hydroxylation sites is 1. The molecule has 14 heavy (non-hydrogen) atoms. The van der Waals surface area contributed by atoms with E-state index in [4.69, 9.17) is 0 Å². The van der Waals surface area contributed by atoms with Crippen LogP contribution in [0.15, 0.2) is 24.3 Å². The van der Waals surface area contributed by atoms with Gasteiger partial charge in [0.25, 0.3) is 0 Å². The highest BCUT2D eigenvalue weighted by molar-refractivity contribution is 5.50. The lowest BCUT2D eigenvalue weighted by atomic mass is 10.1. The topological polar surface area (TPSA) is 12.0 Å². The van der Waals surface area contributed by atoms with Gasteiger partial charge in [0.1, 0.15) is 0 Å². The molecule has 1 aromatic rings. The molecule has 1 nitrogen and oxygen atoms in total. The highest BCUT2D eigenvalue weighted by Crippen LogP contribution is 2.14. The van der Waals surface area contributed by atoms with Crippen LogP contribution in [0.4, 0.5) is 5.69 Å². The van der Waals surface area contributed by atoms with Crippen LogP contribution in [-0.4, -0.2) is 6.54 Å². The molecule has 1 N–H and O–H groups in total. The number of hydrogen-bond donors (Lipinski definition) is 1. The van der Waals surface area contributed by atoms with E-state index < -0.39 is 0 Å². The average Bonchev–Trinajstić information content (AvgIpc) is 2.29. The number of hydrogen-bond acceptors (Lipinski definition) is 1.